The Morgan fingerprint density at radius 3 is 2.48 bits per heavy atom. The van der Waals surface area contributed by atoms with Crippen molar-refractivity contribution in [2.45, 2.75) is 19.8 Å². The topological polar surface area (TPSA) is 85.1 Å². The van der Waals surface area contributed by atoms with Crippen molar-refractivity contribution < 1.29 is 9.59 Å². The lowest BCUT2D eigenvalue weighted by atomic mass is 10.2. The third-order valence-corrected chi connectivity index (χ3v) is 4.05. The molecule has 122 valence electrons. The van der Waals surface area contributed by atoms with Crippen LogP contribution in [0.15, 0.2) is 24.4 Å². The Hall–Kier alpha value is -2.57. The van der Waals surface area contributed by atoms with E-state index >= 15 is 0 Å². The fourth-order valence-corrected chi connectivity index (χ4v) is 2.78. The van der Waals surface area contributed by atoms with Gasteiger partial charge >= 0.3 is 0 Å². The Kier molecular flexibility index (Phi) is 4.45. The molecular weight excluding hydrogens is 294 g/mol. The van der Waals surface area contributed by atoms with E-state index in [0.29, 0.717) is 37.6 Å². The minimum absolute atomic E-state index is 0.0212. The Balaban J connectivity index is 1.57. The number of aryl methyl sites for hydroxylation is 1. The molecule has 0 spiro atoms. The van der Waals surface area contributed by atoms with E-state index in [1.54, 1.807) is 28.1 Å². The van der Waals surface area contributed by atoms with Gasteiger partial charge in [-0.1, -0.05) is 13.3 Å². The lowest BCUT2D eigenvalue weighted by Crippen LogP contribution is -2.50. The van der Waals surface area contributed by atoms with Crippen molar-refractivity contribution in [3.8, 4) is 0 Å². The molecule has 0 saturated carbocycles. The van der Waals surface area contributed by atoms with E-state index in [4.69, 9.17) is 0 Å². The van der Waals surface area contributed by atoms with Crippen LogP contribution in [0.2, 0.25) is 0 Å². The Labute approximate surface area is 134 Å². The number of aromatic amines is 2. The summed E-state index contributed by atoms with van der Waals surface area (Å²) in [5.74, 6) is -0.0947. The molecule has 3 rings (SSSR count). The predicted molar refractivity (Wildman–Crippen MR) is 85.2 cm³/mol. The molecule has 1 saturated heterocycles. The summed E-state index contributed by atoms with van der Waals surface area (Å²) >= 11 is 0. The van der Waals surface area contributed by atoms with Gasteiger partial charge in [0.2, 0.25) is 0 Å². The van der Waals surface area contributed by atoms with Gasteiger partial charge in [-0.3, -0.25) is 14.7 Å². The van der Waals surface area contributed by atoms with Crippen molar-refractivity contribution in [2.24, 2.45) is 0 Å². The second kappa shape index (κ2) is 6.68. The van der Waals surface area contributed by atoms with E-state index in [0.717, 1.165) is 18.5 Å². The van der Waals surface area contributed by atoms with Gasteiger partial charge in [0.25, 0.3) is 11.8 Å². The first-order chi connectivity index (χ1) is 11.2. The van der Waals surface area contributed by atoms with Crippen LogP contribution < -0.4 is 0 Å². The molecule has 2 amide bonds. The van der Waals surface area contributed by atoms with E-state index in [-0.39, 0.29) is 11.8 Å². The number of nitrogens with one attached hydrogen (secondary N) is 2. The van der Waals surface area contributed by atoms with E-state index in [1.165, 1.54) is 0 Å². The van der Waals surface area contributed by atoms with Gasteiger partial charge in [-0.15, -0.1) is 0 Å². The molecule has 2 aromatic rings. The van der Waals surface area contributed by atoms with Crippen LogP contribution in [0.4, 0.5) is 0 Å². The number of carbonyl (C=O) groups is 2. The molecule has 1 fully saturated rings. The fraction of sp³-hybridized carbons (Fsp3) is 0.438. The number of piperazine rings is 1. The molecule has 7 heteroatoms. The first kappa shape index (κ1) is 15.3. The van der Waals surface area contributed by atoms with Crippen LogP contribution in [-0.2, 0) is 6.42 Å². The number of rotatable bonds is 4. The summed E-state index contributed by atoms with van der Waals surface area (Å²) in [5, 5.41) is 7.01. The Morgan fingerprint density at radius 1 is 1.17 bits per heavy atom. The molecule has 0 unspecified atom stereocenters. The van der Waals surface area contributed by atoms with E-state index in [9.17, 15) is 9.59 Å². The molecule has 2 aromatic heterocycles. The largest absolute Gasteiger partial charge is 0.357 e. The van der Waals surface area contributed by atoms with Crippen LogP contribution in [0.5, 0.6) is 0 Å². The Bertz CT molecular complexity index is 668. The van der Waals surface area contributed by atoms with Gasteiger partial charge in [-0.05, 0) is 24.6 Å². The number of hydrogen-bond acceptors (Lipinski definition) is 3. The van der Waals surface area contributed by atoms with Crippen LogP contribution in [-0.4, -0.2) is 63.0 Å². The van der Waals surface area contributed by atoms with E-state index < -0.39 is 0 Å². The third-order valence-electron chi connectivity index (χ3n) is 4.05. The number of H-pyrrole nitrogens is 2. The van der Waals surface area contributed by atoms with Crippen molar-refractivity contribution in [1.82, 2.24) is 25.0 Å². The summed E-state index contributed by atoms with van der Waals surface area (Å²) in [7, 11) is 0. The molecular formula is C16H21N5O2. The van der Waals surface area contributed by atoms with Gasteiger partial charge in [-0.25, -0.2) is 0 Å². The molecule has 0 bridgehead atoms. The maximum atomic E-state index is 12.5. The standard InChI is InChI=1S/C16H21N5O2/c1-2-4-12-11-14(19-18-12)16(23)21-9-7-20(8-10-21)15(22)13-5-3-6-17-13/h3,5-6,11,17H,2,4,7-10H2,1H3,(H,18,19). The highest BCUT2D eigenvalue weighted by Gasteiger charge is 2.26. The number of hydrogen-bond donors (Lipinski definition) is 2. The normalized spacial score (nSPS) is 15.0. The average molecular weight is 315 g/mol. The molecule has 7 nitrogen and oxygen atoms in total. The summed E-state index contributed by atoms with van der Waals surface area (Å²) in [6.45, 7) is 4.22. The van der Waals surface area contributed by atoms with Crippen LogP contribution in [0.25, 0.3) is 0 Å². The van der Waals surface area contributed by atoms with E-state index in [2.05, 4.69) is 22.1 Å². The second-order valence-electron chi connectivity index (χ2n) is 5.70. The van der Waals surface area contributed by atoms with Gasteiger partial charge < -0.3 is 14.8 Å². The van der Waals surface area contributed by atoms with Gasteiger partial charge in [0.15, 0.2) is 0 Å². The molecule has 3 heterocycles. The van der Waals surface area contributed by atoms with Crippen LogP contribution in [0, 0.1) is 0 Å². The van der Waals surface area contributed by atoms with Crippen molar-refractivity contribution in [3.05, 3.63) is 41.5 Å². The van der Waals surface area contributed by atoms with Crippen LogP contribution in [0.1, 0.15) is 40.0 Å². The van der Waals surface area contributed by atoms with Gasteiger partial charge in [0, 0.05) is 38.1 Å². The molecule has 0 atom stereocenters. The van der Waals surface area contributed by atoms with E-state index in [1.807, 2.05) is 6.07 Å². The number of aromatic nitrogens is 3. The zero-order chi connectivity index (χ0) is 16.2. The molecule has 1 aliphatic rings. The molecule has 0 radical (unpaired) electrons. The third kappa shape index (κ3) is 3.28. The average Bonchev–Trinajstić information content (AvgIpc) is 3.26. The minimum Gasteiger partial charge on any atom is -0.357 e. The smallest absolute Gasteiger partial charge is 0.274 e. The maximum absolute atomic E-state index is 12.5. The SMILES string of the molecule is CCCc1cc(C(=O)N2CCN(C(=O)c3ccc[nH]3)CC2)n[nH]1. The zero-order valence-corrected chi connectivity index (χ0v) is 13.2. The fourth-order valence-electron chi connectivity index (χ4n) is 2.78. The van der Waals surface area contributed by atoms with Crippen molar-refractivity contribution in [1.29, 1.82) is 0 Å². The first-order valence-corrected chi connectivity index (χ1v) is 7.95. The van der Waals surface area contributed by atoms with Gasteiger partial charge in [0.05, 0.1) is 0 Å². The highest BCUT2D eigenvalue weighted by Crippen LogP contribution is 2.11. The summed E-state index contributed by atoms with van der Waals surface area (Å²) < 4.78 is 0. The summed E-state index contributed by atoms with van der Waals surface area (Å²) in [6, 6.07) is 5.39. The highest BCUT2D eigenvalue weighted by molar-refractivity contribution is 5.94. The summed E-state index contributed by atoms with van der Waals surface area (Å²) in [5.41, 5.74) is 2.02. The second-order valence-corrected chi connectivity index (χ2v) is 5.70. The van der Waals surface area contributed by atoms with Crippen molar-refractivity contribution in [3.63, 3.8) is 0 Å². The summed E-state index contributed by atoms with van der Waals surface area (Å²) in [6.07, 6.45) is 3.63. The summed E-state index contributed by atoms with van der Waals surface area (Å²) in [4.78, 5) is 31.2. The molecule has 1 aliphatic heterocycles. The zero-order valence-electron chi connectivity index (χ0n) is 13.2. The van der Waals surface area contributed by atoms with Crippen molar-refractivity contribution >= 4 is 11.8 Å². The lowest BCUT2D eigenvalue weighted by Gasteiger charge is -2.34. The van der Waals surface area contributed by atoms with Crippen LogP contribution >= 0.6 is 0 Å². The monoisotopic (exact) mass is 315 g/mol. The minimum atomic E-state index is -0.0735. The number of amides is 2. The maximum Gasteiger partial charge on any atom is 0.274 e. The molecule has 0 aliphatic carbocycles. The predicted octanol–water partition coefficient (Wildman–Crippen LogP) is 1.29. The lowest BCUT2D eigenvalue weighted by molar-refractivity contribution is 0.0529. The number of carbonyl (C=O) groups excluding carboxylic acids is 2. The van der Waals surface area contributed by atoms with Crippen LogP contribution in [0.3, 0.4) is 0 Å². The molecule has 2 N–H and O–H groups in total. The highest BCUT2D eigenvalue weighted by atomic mass is 16.2. The van der Waals surface area contributed by atoms with Gasteiger partial charge in [0.1, 0.15) is 11.4 Å². The molecule has 0 aromatic carbocycles. The molecule has 23 heavy (non-hydrogen) atoms. The van der Waals surface area contributed by atoms with Gasteiger partial charge in [-0.2, -0.15) is 5.10 Å². The van der Waals surface area contributed by atoms with Crippen molar-refractivity contribution in [2.75, 3.05) is 26.2 Å². The number of nitrogens with zero attached hydrogens (tertiary/aromatic N) is 3. The quantitative estimate of drug-likeness (QED) is 0.891. The Morgan fingerprint density at radius 2 is 1.87 bits per heavy atom. The first-order valence-electron chi connectivity index (χ1n) is 7.95.